The first kappa shape index (κ1) is 22.4. The molecule has 0 radical (unpaired) electrons. The molecule has 1 amide bonds. The molecule has 0 atom stereocenters. The third-order valence-corrected chi connectivity index (χ3v) is 5.58. The first-order valence-corrected chi connectivity index (χ1v) is 10.8. The van der Waals surface area contributed by atoms with Crippen LogP contribution in [0.1, 0.15) is 33.6 Å². The van der Waals surface area contributed by atoms with Gasteiger partial charge in [-0.3, -0.25) is 4.79 Å². The van der Waals surface area contributed by atoms with Gasteiger partial charge in [0.1, 0.15) is 17.6 Å². The zero-order chi connectivity index (χ0) is 23.2. The predicted octanol–water partition coefficient (Wildman–Crippen LogP) is 4.23. The lowest BCUT2D eigenvalue weighted by Gasteiger charge is -2.24. The van der Waals surface area contributed by atoms with E-state index in [4.69, 9.17) is 9.47 Å². The molecule has 0 aromatic heterocycles. The number of rotatable bonds is 6. The predicted molar refractivity (Wildman–Crippen MR) is 126 cm³/mol. The molecule has 7 nitrogen and oxygen atoms in total. The number of carbonyl (C=O) groups is 2. The van der Waals surface area contributed by atoms with Gasteiger partial charge in [0.25, 0.3) is 5.91 Å². The number of piperidine rings is 1. The highest BCUT2D eigenvalue weighted by atomic mass is 16.5. The number of amides is 1. The Hall–Kier alpha value is -3.84. The molecule has 1 heterocycles. The van der Waals surface area contributed by atoms with Gasteiger partial charge in [0.05, 0.1) is 23.9 Å². The molecule has 0 saturated carbocycles. The van der Waals surface area contributed by atoms with Crippen LogP contribution in [0.25, 0.3) is 11.1 Å². The van der Waals surface area contributed by atoms with Gasteiger partial charge in [-0.1, -0.05) is 36.4 Å². The van der Waals surface area contributed by atoms with Gasteiger partial charge in [-0.25, -0.2) is 4.79 Å². The maximum Gasteiger partial charge on any atom is 0.339 e. The molecule has 0 bridgehead atoms. The smallest absolute Gasteiger partial charge is 0.339 e. The quantitative estimate of drug-likeness (QED) is 0.491. The standard InChI is InChI=1S/C26H26N2O5/c1-32-26(31)21-9-7-18(17-5-3-2-4-6-17)15-23(21)28-25(30)22-10-8-20(16-24(22)29)33-19-11-13-27-14-12-19/h2-10,15-16,19,27,29H,11-14H2,1H3,(H,28,30). The number of hydrogen-bond donors (Lipinski definition) is 3. The summed E-state index contributed by atoms with van der Waals surface area (Å²) < 4.78 is 10.8. The zero-order valence-electron chi connectivity index (χ0n) is 18.3. The van der Waals surface area contributed by atoms with E-state index in [2.05, 4.69) is 10.6 Å². The maximum absolute atomic E-state index is 13.0. The summed E-state index contributed by atoms with van der Waals surface area (Å²) >= 11 is 0. The molecular weight excluding hydrogens is 420 g/mol. The van der Waals surface area contributed by atoms with Crippen LogP contribution < -0.4 is 15.4 Å². The Labute approximate surface area is 192 Å². The summed E-state index contributed by atoms with van der Waals surface area (Å²) in [5, 5.41) is 16.5. The number of aromatic hydroxyl groups is 1. The van der Waals surface area contributed by atoms with Crippen molar-refractivity contribution in [2.24, 2.45) is 0 Å². The Balaban J connectivity index is 1.57. The maximum atomic E-state index is 13.0. The van der Waals surface area contributed by atoms with Crippen LogP contribution in [0.5, 0.6) is 11.5 Å². The second-order valence-corrected chi connectivity index (χ2v) is 7.82. The Bertz CT molecular complexity index is 1140. The molecule has 0 spiro atoms. The SMILES string of the molecule is COC(=O)c1ccc(-c2ccccc2)cc1NC(=O)c1ccc(OC2CCNCC2)cc1O. The number of anilines is 1. The van der Waals surface area contributed by atoms with E-state index in [1.807, 2.05) is 30.3 Å². The van der Waals surface area contributed by atoms with Crippen LogP contribution >= 0.6 is 0 Å². The minimum Gasteiger partial charge on any atom is -0.507 e. The van der Waals surface area contributed by atoms with Crippen molar-refractivity contribution in [3.05, 3.63) is 77.9 Å². The Morgan fingerprint density at radius 2 is 1.67 bits per heavy atom. The monoisotopic (exact) mass is 446 g/mol. The number of hydrogen-bond acceptors (Lipinski definition) is 6. The van der Waals surface area contributed by atoms with Crippen LogP contribution in [0.2, 0.25) is 0 Å². The summed E-state index contributed by atoms with van der Waals surface area (Å²) in [7, 11) is 1.28. The highest BCUT2D eigenvalue weighted by molar-refractivity contribution is 6.09. The number of ether oxygens (including phenoxy) is 2. The molecule has 33 heavy (non-hydrogen) atoms. The summed E-state index contributed by atoms with van der Waals surface area (Å²) in [6.07, 6.45) is 1.85. The Morgan fingerprint density at radius 3 is 2.36 bits per heavy atom. The van der Waals surface area contributed by atoms with Gasteiger partial charge >= 0.3 is 5.97 Å². The molecule has 0 unspecified atom stereocenters. The summed E-state index contributed by atoms with van der Waals surface area (Å²) in [5.41, 5.74) is 2.35. The van der Waals surface area contributed by atoms with Crippen molar-refractivity contribution in [2.45, 2.75) is 18.9 Å². The minimum absolute atomic E-state index is 0.0774. The molecule has 1 aliphatic heterocycles. The van der Waals surface area contributed by atoms with E-state index >= 15 is 0 Å². The van der Waals surface area contributed by atoms with Crippen LogP contribution in [0, 0.1) is 0 Å². The van der Waals surface area contributed by atoms with Crippen LogP contribution in [-0.4, -0.2) is 43.3 Å². The van der Waals surface area contributed by atoms with E-state index in [9.17, 15) is 14.7 Å². The van der Waals surface area contributed by atoms with Crippen LogP contribution in [0.3, 0.4) is 0 Å². The van der Waals surface area contributed by atoms with Gasteiger partial charge in [-0.05, 0) is 61.3 Å². The Morgan fingerprint density at radius 1 is 0.939 bits per heavy atom. The number of nitrogens with one attached hydrogen (secondary N) is 2. The highest BCUT2D eigenvalue weighted by Gasteiger charge is 2.20. The van der Waals surface area contributed by atoms with E-state index < -0.39 is 11.9 Å². The molecule has 1 fully saturated rings. The van der Waals surface area contributed by atoms with E-state index in [-0.39, 0.29) is 23.0 Å². The lowest BCUT2D eigenvalue weighted by atomic mass is 10.0. The van der Waals surface area contributed by atoms with Crippen molar-refractivity contribution in [1.82, 2.24) is 5.32 Å². The second-order valence-electron chi connectivity index (χ2n) is 7.82. The number of carbonyl (C=O) groups excluding carboxylic acids is 2. The lowest BCUT2D eigenvalue weighted by Crippen LogP contribution is -2.34. The largest absolute Gasteiger partial charge is 0.507 e. The van der Waals surface area contributed by atoms with Gasteiger partial charge in [-0.15, -0.1) is 0 Å². The molecule has 4 rings (SSSR count). The number of phenolic OH excluding ortho intramolecular Hbond substituents is 1. The van der Waals surface area contributed by atoms with Crippen molar-refractivity contribution in [1.29, 1.82) is 0 Å². The summed E-state index contributed by atoms with van der Waals surface area (Å²) in [6.45, 7) is 1.78. The fourth-order valence-corrected chi connectivity index (χ4v) is 3.82. The Kier molecular flexibility index (Phi) is 6.90. The van der Waals surface area contributed by atoms with Crippen molar-refractivity contribution in [3.8, 4) is 22.6 Å². The van der Waals surface area contributed by atoms with Crippen LogP contribution in [0.4, 0.5) is 5.69 Å². The number of esters is 1. The van der Waals surface area contributed by atoms with Gasteiger partial charge in [0.2, 0.25) is 0 Å². The summed E-state index contributed by atoms with van der Waals surface area (Å²) in [4.78, 5) is 25.2. The molecule has 1 saturated heterocycles. The van der Waals surface area contributed by atoms with E-state index in [0.29, 0.717) is 11.4 Å². The van der Waals surface area contributed by atoms with Gasteiger partial charge < -0.3 is 25.2 Å². The topological polar surface area (TPSA) is 96.9 Å². The van der Waals surface area contributed by atoms with Crippen molar-refractivity contribution in [2.75, 3.05) is 25.5 Å². The number of benzene rings is 3. The average Bonchev–Trinajstić information content (AvgIpc) is 2.84. The molecule has 0 aliphatic carbocycles. The van der Waals surface area contributed by atoms with Crippen molar-refractivity contribution < 1.29 is 24.2 Å². The number of methoxy groups -OCH3 is 1. The summed E-state index contributed by atoms with van der Waals surface area (Å²) in [6, 6.07) is 19.3. The van der Waals surface area contributed by atoms with Gasteiger partial charge in [0, 0.05) is 6.07 Å². The molecule has 3 N–H and O–H groups in total. The first-order valence-electron chi connectivity index (χ1n) is 10.8. The fraction of sp³-hybridized carbons (Fsp3) is 0.231. The average molecular weight is 447 g/mol. The fourth-order valence-electron chi connectivity index (χ4n) is 3.82. The third-order valence-electron chi connectivity index (χ3n) is 5.58. The van der Waals surface area contributed by atoms with Crippen molar-refractivity contribution >= 4 is 17.6 Å². The van der Waals surface area contributed by atoms with Crippen molar-refractivity contribution in [3.63, 3.8) is 0 Å². The lowest BCUT2D eigenvalue weighted by molar-refractivity contribution is 0.0602. The van der Waals surface area contributed by atoms with Crippen LogP contribution in [-0.2, 0) is 4.74 Å². The first-order chi connectivity index (χ1) is 16.0. The van der Waals surface area contributed by atoms with Gasteiger partial charge in [-0.2, -0.15) is 0 Å². The van der Waals surface area contributed by atoms with E-state index in [0.717, 1.165) is 37.1 Å². The molecule has 1 aliphatic rings. The zero-order valence-corrected chi connectivity index (χ0v) is 18.3. The van der Waals surface area contributed by atoms with Gasteiger partial charge in [0.15, 0.2) is 0 Å². The summed E-state index contributed by atoms with van der Waals surface area (Å²) in [5.74, 6) is -0.800. The molecule has 3 aromatic rings. The minimum atomic E-state index is -0.570. The number of phenols is 1. The highest BCUT2D eigenvalue weighted by Crippen LogP contribution is 2.29. The van der Waals surface area contributed by atoms with Crippen LogP contribution in [0.15, 0.2) is 66.7 Å². The third kappa shape index (κ3) is 5.32. The molecular formula is C26H26N2O5. The second kappa shape index (κ2) is 10.2. The van der Waals surface area contributed by atoms with E-state index in [1.165, 1.54) is 19.2 Å². The molecule has 170 valence electrons. The molecule has 7 heteroatoms. The molecule has 3 aromatic carbocycles. The van der Waals surface area contributed by atoms with E-state index in [1.54, 1.807) is 24.3 Å². The normalized spacial score (nSPS) is 13.8.